The van der Waals surface area contributed by atoms with Gasteiger partial charge in [0, 0.05) is 36.5 Å². The van der Waals surface area contributed by atoms with Crippen molar-refractivity contribution in [2.24, 2.45) is 0 Å². The standard InChI is InChI=1S/C12H15N3O3/c1-9(5-6-13)14(2)12-4-3-11(15(17)18)7-10(12)8-16/h3-4,7,9,16H,5,8H2,1-2H3. The van der Waals surface area contributed by atoms with Crippen LogP contribution in [0.3, 0.4) is 0 Å². The van der Waals surface area contributed by atoms with Gasteiger partial charge in [0.15, 0.2) is 0 Å². The van der Waals surface area contributed by atoms with Crippen LogP contribution in [0, 0.1) is 21.4 Å². The average molecular weight is 249 g/mol. The lowest BCUT2D eigenvalue weighted by Crippen LogP contribution is -2.29. The van der Waals surface area contributed by atoms with E-state index in [0.717, 1.165) is 0 Å². The maximum atomic E-state index is 10.7. The van der Waals surface area contributed by atoms with Gasteiger partial charge < -0.3 is 10.0 Å². The van der Waals surface area contributed by atoms with Crippen LogP contribution in [0.25, 0.3) is 0 Å². The van der Waals surface area contributed by atoms with Gasteiger partial charge in [-0.3, -0.25) is 10.1 Å². The second-order valence-electron chi connectivity index (χ2n) is 4.05. The van der Waals surface area contributed by atoms with Gasteiger partial charge in [-0.25, -0.2) is 0 Å². The van der Waals surface area contributed by atoms with Crippen molar-refractivity contribution in [2.45, 2.75) is 26.0 Å². The topological polar surface area (TPSA) is 90.4 Å². The Morgan fingerprint density at radius 2 is 2.28 bits per heavy atom. The highest BCUT2D eigenvalue weighted by atomic mass is 16.6. The first-order valence-corrected chi connectivity index (χ1v) is 5.49. The number of rotatable bonds is 5. The monoisotopic (exact) mass is 249 g/mol. The largest absolute Gasteiger partial charge is 0.392 e. The zero-order valence-electron chi connectivity index (χ0n) is 10.3. The molecule has 1 atom stereocenters. The van der Waals surface area contributed by atoms with Gasteiger partial charge in [0.2, 0.25) is 0 Å². The molecule has 0 radical (unpaired) electrons. The maximum Gasteiger partial charge on any atom is 0.269 e. The van der Waals surface area contributed by atoms with Crippen molar-refractivity contribution in [1.29, 1.82) is 5.26 Å². The molecule has 0 aliphatic heterocycles. The molecule has 0 aliphatic carbocycles. The molecule has 96 valence electrons. The fraction of sp³-hybridized carbons (Fsp3) is 0.417. The lowest BCUT2D eigenvalue weighted by Gasteiger charge is -2.27. The summed E-state index contributed by atoms with van der Waals surface area (Å²) in [6.07, 6.45) is 0.346. The molecule has 1 rings (SSSR count). The van der Waals surface area contributed by atoms with Crippen LogP contribution in [-0.2, 0) is 6.61 Å². The number of aliphatic hydroxyl groups is 1. The molecule has 18 heavy (non-hydrogen) atoms. The van der Waals surface area contributed by atoms with E-state index >= 15 is 0 Å². The number of non-ortho nitro benzene ring substituents is 1. The molecule has 0 aliphatic rings. The lowest BCUT2D eigenvalue weighted by molar-refractivity contribution is -0.384. The zero-order chi connectivity index (χ0) is 13.7. The Bertz CT molecular complexity index is 482. The van der Waals surface area contributed by atoms with Gasteiger partial charge in [0.05, 0.1) is 24.0 Å². The molecule has 0 fully saturated rings. The first-order valence-electron chi connectivity index (χ1n) is 5.49. The van der Waals surface area contributed by atoms with Crippen molar-refractivity contribution in [3.63, 3.8) is 0 Å². The molecule has 0 amide bonds. The Hall–Kier alpha value is -2.13. The van der Waals surface area contributed by atoms with Crippen LogP contribution in [0.4, 0.5) is 11.4 Å². The van der Waals surface area contributed by atoms with Gasteiger partial charge in [0.25, 0.3) is 5.69 Å². The first-order chi connectivity index (χ1) is 8.51. The third kappa shape index (κ3) is 2.96. The summed E-state index contributed by atoms with van der Waals surface area (Å²) in [5.41, 5.74) is 1.13. The van der Waals surface area contributed by atoms with E-state index in [1.54, 1.807) is 13.1 Å². The van der Waals surface area contributed by atoms with Crippen LogP contribution >= 0.6 is 0 Å². The Labute approximate surface area is 105 Å². The Balaban J connectivity index is 3.09. The van der Waals surface area contributed by atoms with Crippen molar-refractivity contribution in [1.82, 2.24) is 0 Å². The summed E-state index contributed by atoms with van der Waals surface area (Å²) in [5, 5.41) is 28.6. The fourth-order valence-corrected chi connectivity index (χ4v) is 1.66. The number of nitro benzene ring substituents is 1. The number of aliphatic hydroxyl groups excluding tert-OH is 1. The third-order valence-corrected chi connectivity index (χ3v) is 2.87. The van der Waals surface area contributed by atoms with Crippen LogP contribution < -0.4 is 4.90 Å². The van der Waals surface area contributed by atoms with Crippen LogP contribution in [0.1, 0.15) is 18.9 Å². The second kappa shape index (κ2) is 5.98. The zero-order valence-corrected chi connectivity index (χ0v) is 10.3. The predicted octanol–water partition coefficient (Wildman–Crippen LogP) is 1.83. The van der Waals surface area contributed by atoms with Crippen LogP contribution in [0.15, 0.2) is 18.2 Å². The summed E-state index contributed by atoms with van der Waals surface area (Å²) in [7, 11) is 1.79. The van der Waals surface area contributed by atoms with E-state index in [0.29, 0.717) is 17.7 Å². The minimum Gasteiger partial charge on any atom is -0.392 e. The van der Waals surface area contributed by atoms with Crippen molar-refractivity contribution in [2.75, 3.05) is 11.9 Å². The lowest BCUT2D eigenvalue weighted by atomic mass is 10.1. The van der Waals surface area contributed by atoms with E-state index in [2.05, 4.69) is 6.07 Å². The molecule has 0 spiro atoms. The minimum atomic E-state index is -0.498. The quantitative estimate of drug-likeness (QED) is 0.635. The van der Waals surface area contributed by atoms with Crippen molar-refractivity contribution in [3.05, 3.63) is 33.9 Å². The molecular formula is C12H15N3O3. The second-order valence-corrected chi connectivity index (χ2v) is 4.05. The number of nitrogens with zero attached hydrogens (tertiary/aromatic N) is 3. The number of nitro groups is 1. The number of hydrogen-bond donors (Lipinski definition) is 1. The summed E-state index contributed by atoms with van der Waals surface area (Å²) in [5.74, 6) is 0. The number of hydrogen-bond acceptors (Lipinski definition) is 5. The molecule has 1 N–H and O–H groups in total. The first kappa shape index (κ1) is 13.9. The normalized spacial score (nSPS) is 11.7. The van der Waals surface area contributed by atoms with Gasteiger partial charge in [0.1, 0.15) is 0 Å². The van der Waals surface area contributed by atoms with Gasteiger partial charge in [-0.15, -0.1) is 0 Å². The highest BCUT2D eigenvalue weighted by molar-refractivity contribution is 5.57. The van der Waals surface area contributed by atoms with Gasteiger partial charge in [-0.1, -0.05) is 0 Å². The fourth-order valence-electron chi connectivity index (χ4n) is 1.66. The smallest absolute Gasteiger partial charge is 0.269 e. The van der Waals surface area contributed by atoms with Crippen LogP contribution in [0.5, 0.6) is 0 Å². The molecule has 0 heterocycles. The Kier molecular flexibility index (Phi) is 4.63. The maximum absolute atomic E-state index is 10.7. The van der Waals surface area contributed by atoms with Gasteiger partial charge in [-0.2, -0.15) is 5.26 Å². The molecule has 6 nitrogen and oxygen atoms in total. The molecule has 1 unspecified atom stereocenters. The molecule has 0 saturated heterocycles. The number of nitriles is 1. The molecule has 1 aromatic carbocycles. The SMILES string of the molecule is CC(CC#N)N(C)c1ccc([N+](=O)[O-])cc1CO. The minimum absolute atomic E-state index is 0.0262. The van der Waals surface area contributed by atoms with E-state index in [9.17, 15) is 15.2 Å². The van der Waals surface area contributed by atoms with Crippen LogP contribution in [0.2, 0.25) is 0 Å². The van der Waals surface area contributed by atoms with Crippen molar-refractivity contribution in [3.8, 4) is 6.07 Å². The van der Waals surface area contributed by atoms with Gasteiger partial charge >= 0.3 is 0 Å². The average Bonchev–Trinajstić information content (AvgIpc) is 2.37. The third-order valence-electron chi connectivity index (χ3n) is 2.87. The summed E-state index contributed by atoms with van der Waals surface area (Å²) < 4.78 is 0. The van der Waals surface area contributed by atoms with Crippen LogP contribution in [-0.4, -0.2) is 23.1 Å². The molecule has 1 aromatic rings. The van der Waals surface area contributed by atoms with Crippen molar-refractivity contribution >= 4 is 11.4 Å². The Morgan fingerprint density at radius 3 is 2.78 bits per heavy atom. The number of benzene rings is 1. The molecule has 6 heteroatoms. The highest BCUT2D eigenvalue weighted by Gasteiger charge is 2.16. The van der Waals surface area contributed by atoms with E-state index in [1.807, 2.05) is 11.8 Å². The van der Waals surface area contributed by atoms with E-state index < -0.39 is 4.92 Å². The molecule has 0 saturated carbocycles. The molecular weight excluding hydrogens is 234 g/mol. The van der Waals surface area contributed by atoms with E-state index in [4.69, 9.17) is 5.26 Å². The van der Waals surface area contributed by atoms with Gasteiger partial charge in [-0.05, 0) is 13.0 Å². The summed E-state index contributed by atoms with van der Waals surface area (Å²) in [6.45, 7) is 1.60. The predicted molar refractivity (Wildman–Crippen MR) is 67.1 cm³/mol. The Morgan fingerprint density at radius 1 is 1.61 bits per heavy atom. The van der Waals surface area contributed by atoms with Crippen molar-refractivity contribution < 1.29 is 10.0 Å². The number of anilines is 1. The summed E-state index contributed by atoms with van der Waals surface area (Å²) in [6, 6.07) is 6.39. The molecule has 0 aromatic heterocycles. The highest BCUT2D eigenvalue weighted by Crippen LogP contribution is 2.26. The van der Waals surface area contributed by atoms with E-state index in [1.165, 1.54) is 12.1 Å². The molecule has 0 bridgehead atoms. The van der Waals surface area contributed by atoms with E-state index in [-0.39, 0.29) is 18.3 Å². The summed E-state index contributed by atoms with van der Waals surface area (Å²) in [4.78, 5) is 12.0. The summed E-state index contributed by atoms with van der Waals surface area (Å²) >= 11 is 0.